The maximum absolute atomic E-state index is 11.1. The van der Waals surface area contributed by atoms with Crippen molar-refractivity contribution >= 4 is 5.97 Å². The van der Waals surface area contributed by atoms with Crippen LogP contribution in [0.2, 0.25) is 0 Å². The standard InChI is InChI=1S/C9H13N3O2/c1-2-14-9(13)5-7(10)8-3-4-11-6-12-8/h3-4,6-7H,2,5,10H2,1H3/t7-/m0/s1. The molecule has 0 saturated heterocycles. The minimum absolute atomic E-state index is 0.144. The lowest BCUT2D eigenvalue weighted by atomic mass is 10.1. The van der Waals surface area contributed by atoms with Crippen molar-refractivity contribution in [2.24, 2.45) is 5.73 Å². The van der Waals surface area contributed by atoms with Gasteiger partial charge in [0.2, 0.25) is 0 Å². The van der Waals surface area contributed by atoms with Gasteiger partial charge in [0.05, 0.1) is 24.8 Å². The molecular weight excluding hydrogens is 182 g/mol. The molecule has 0 spiro atoms. The van der Waals surface area contributed by atoms with E-state index >= 15 is 0 Å². The van der Waals surface area contributed by atoms with E-state index in [-0.39, 0.29) is 12.4 Å². The third kappa shape index (κ3) is 3.10. The van der Waals surface area contributed by atoms with Gasteiger partial charge >= 0.3 is 5.97 Å². The normalized spacial score (nSPS) is 12.1. The average molecular weight is 195 g/mol. The first-order chi connectivity index (χ1) is 6.74. The molecule has 0 radical (unpaired) electrons. The summed E-state index contributed by atoms with van der Waals surface area (Å²) >= 11 is 0. The molecule has 76 valence electrons. The Bertz CT molecular complexity index is 289. The van der Waals surface area contributed by atoms with Gasteiger partial charge in [-0.05, 0) is 13.0 Å². The van der Waals surface area contributed by atoms with E-state index in [1.165, 1.54) is 6.33 Å². The highest BCUT2D eigenvalue weighted by Crippen LogP contribution is 2.10. The molecule has 0 unspecified atom stereocenters. The number of nitrogens with two attached hydrogens (primary N) is 1. The minimum atomic E-state index is -0.419. The Hall–Kier alpha value is -1.49. The molecule has 0 saturated carbocycles. The number of carbonyl (C=O) groups excluding carboxylic acids is 1. The van der Waals surface area contributed by atoms with Crippen LogP contribution in [0.15, 0.2) is 18.6 Å². The van der Waals surface area contributed by atoms with Gasteiger partial charge in [-0.1, -0.05) is 0 Å². The topological polar surface area (TPSA) is 78.1 Å². The Kier molecular flexibility index (Phi) is 4.00. The van der Waals surface area contributed by atoms with Gasteiger partial charge in [-0.15, -0.1) is 0 Å². The zero-order chi connectivity index (χ0) is 10.4. The summed E-state index contributed by atoms with van der Waals surface area (Å²) < 4.78 is 4.77. The lowest BCUT2D eigenvalue weighted by Crippen LogP contribution is -2.18. The zero-order valence-corrected chi connectivity index (χ0v) is 8.01. The Morgan fingerprint density at radius 2 is 2.50 bits per heavy atom. The zero-order valence-electron chi connectivity index (χ0n) is 8.01. The molecule has 0 aromatic carbocycles. The molecule has 0 bridgehead atoms. The van der Waals surface area contributed by atoms with E-state index in [1.54, 1.807) is 19.2 Å². The summed E-state index contributed by atoms with van der Waals surface area (Å²) in [5, 5.41) is 0. The number of nitrogens with zero attached hydrogens (tertiary/aromatic N) is 2. The van der Waals surface area contributed by atoms with Crippen molar-refractivity contribution in [3.05, 3.63) is 24.3 Å². The van der Waals surface area contributed by atoms with Gasteiger partial charge in [0.1, 0.15) is 6.33 Å². The third-order valence-corrected chi connectivity index (χ3v) is 1.68. The smallest absolute Gasteiger partial charge is 0.307 e. The van der Waals surface area contributed by atoms with Crippen LogP contribution in [0, 0.1) is 0 Å². The Morgan fingerprint density at radius 3 is 3.07 bits per heavy atom. The lowest BCUT2D eigenvalue weighted by Gasteiger charge is -2.09. The fraction of sp³-hybridized carbons (Fsp3) is 0.444. The number of aromatic nitrogens is 2. The molecule has 1 aromatic heterocycles. The molecule has 0 aliphatic carbocycles. The predicted molar refractivity (Wildman–Crippen MR) is 50.2 cm³/mol. The summed E-state index contributed by atoms with van der Waals surface area (Å²) in [6, 6.07) is 1.27. The highest BCUT2D eigenvalue weighted by Gasteiger charge is 2.12. The first-order valence-electron chi connectivity index (χ1n) is 4.41. The molecule has 0 aliphatic rings. The van der Waals surface area contributed by atoms with Crippen LogP contribution in [0.3, 0.4) is 0 Å². The van der Waals surface area contributed by atoms with Crippen LogP contribution in [0.4, 0.5) is 0 Å². The van der Waals surface area contributed by atoms with E-state index < -0.39 is 6.04 Å². The first kappa shape index (κ1) is 10.6. The molecule has 0 aliphatic heterocycles. The van der Waals surface area contributed by atoms with Gasteiger partial charge in [0.15, 0.2) is 0 Å². The van der Waals surface area contributed by atoms with Crippen LogP contribution in [-0.4, -0.2) is 22.5 Å². The van der Waals surface area contributed by atoms with Crippen molar-refractivity contribution in [1.82, 2.24) is 9.97 Å². The number of rotatable bonds is 4. The van der Waals surface area contributed by atoms with Gasteiger partial charge in [0, 0.05) is 6.20 Å². The van der Waals surface area contributed by atoms with Crippen molar-refractivity contribution in [2.75, 3.05) is 6.61 Å². The predicted octanol–water partition coefficient (Wildman–Crippen LogP) is 0.430. The Labute approximate surface area is 82.3 Å². The number of ether oxygens (including phenoxy) is 1. The fourth-order valence-corrected chi connectivity index (χ4v) is 1.02. The number of hydrogen-bond donors (Lipinski definition) is 1. The minimum Gasteiger partial charge on any atom is -0.466 e. The summed E-state index contributed by atoms with van der Waals surface area (Å²) in [6.45, 7) is 2.13. The molecule has 1 atom stereocenters. The monoisotopic (exact) mass is 195 g/mol. The van der Waals surface area contributed by atoms with Crippen molar-refractivity contribution in [1.29, 1.82) is 0 Å². The molecule has 5 heteroatoms. The van der Waals surface area contributed by atoms with Crippen LogP contribution < -0.4 is 5.73 Å². The maximum atomic E-state index is 11.1. The van der Waals surface area contributed by atoms with Crippen molar-refractivity contribution in [3.8, 4) is 0 Å². The van der Waals surface area contributed by atoms with Crippen LogP contribution in [0.5, 0.6) is 0 Å². The van der Waals surface area contributed by atoms with E-state index in [1.807, 2.05) is 0 Å². The molecule has 0 amide bonds. The van der Waals surface area contributed by atoms with Gasteiger partial charge < -0.3 is 10.5 Å². The van der Waals surface area contributed by atoms with E-state index in [0.29, 0.717) is 12.3 Å². The largest absolute Gasteiger partial charge is 0.466 e. The van der Waals surface area contributed by atoms with Crippen molar-refractivity contribution < 1.29 is 9.53 Å². The van der Waals surface area contributed by atoms with Crippen LogP contribution in [0.25, 0.3) is 0 Å². The average Bonchev–Trinajstić information content (AvgIpc) is 2.19. The molecule has 14 heavy (non-hydrogen) atoms. The second-order valence-corrected chi connectivity index (χ2v) is 2.75. The van der Waals surface area contributed by atoms with Gasteiger partial charge in [-0.3, -0.25) is 4.79 Å². The number of carbonyl (C=O) groups is 1. The molecule has 5 nitrogen and oxygen atoms in total. The number of esters is 1. The molecule has 1 heterocycles. The van der Waals surface area contributed by atoms with Crippen LogP contribution >= 0.6 is 0 Å². The van der Waals surface area contributed by atoms with E-state index in [0.717, 1.165) is 0 Å². The Morgan fingerprint density at radius 1 is 1.71 bits per heavy atom. The highest BCUT2D eigenvalue weighted by atomic mass is 16.5. The summed E-state index contributed by atoms with van der Waals surface area (Å²) in [5.74, 6) is -0.307. The van der Waals surface area contributed by atoms with Crippen LogP contribution in [-0.2, 0) is 9.53 Å². The quantitative estimate of drug-likeness (QED) is 0.705. The summed E-state index contributed by atoms with van der Waals surface area (Å²) in [7, 11) is 0. The summed E-state index contributed by atoms with van der Waals surface area (Å²) in [4.78, 5) is 18.8. The van der Waals surface area contributed by atoms with Crippen molar-refractivity contribution in [2.45, 2.75) is 19.4 Å². The van der Waals surface area contributed by atoms with E-state index in [4.69, 9.17) is 10.5 Å². The molecule has 1 rings (SSSR count). The van der Waals surface area contributed by atoms with Crippen LogP contribution in [0.1, 0.15) is 25.1 Å². The SMILES string of the molecule is CCOC(=O)C[C@H](N)c1ccncn1. The third-order valence-electron chi connectivity index (χ3n) is 1.68. The molecular formula is C9H13N3O2. The summed E-state index contributed by atoms with van der Waals surface area (Å²) in [6.07, 6.45) is 3.14. The van der Waals surface area contributed by atoms with E-state index in [2.05, 4.69) is 9.97 Å². The first-order valence-corrected chi connectivity index (χ1v) is 4.41. The lowest BCUT2D eigenvalue weighted by molar-refractivity contribution is -0.143. The molecule has 2 N–H and O–H groups in total. The number of hydrogen-bond acceptors (Lipinski definition) is 5. The molecule has 0 fully saturated rings. The van der Waals surface area contributed by atoms with Gasteiger partial charge in [-0.25, -0.2) is 9.97 Å². The Balaban J connectivity index is 2.50. The summed E-state index contributed by atoms with van der Waals surface area (Å²) in [5.41, 5.74) is 6.38. The fourth-order valence-electron chi connectivity index (χ4n) is 1.02. The highest BCUT2D eigenvalue weighted by molar-refractivity contribution is 5.70. The second kappa shape index (κ2) is 5.29. The molecule has 1 aromatic rings. The van der Waals surface area contributed by atoms with Gasteiger partial charge in [-0.2, -0.15) is 0 Å². The van der Waals surface area contributed by atoms with Crippen molar-refractivity contribution in [3.63, 3.8) is 0 Å². The van der Waals surface area contributed by atoms with E-state index in [9.17, 15) is 4.79 Å². The van der Waals surface area contributed by atoms with Gasteiger partial charge in [0.25, 0.3) is 0 Å². The maximum Gasteiger partial charge on any atom is 0.307 e. The second-order valence-electron chi connectivity index (χ2n) is 2.75.